The zero-order valence-electron chi connectivity index (χ0n) is 8.16. The molecule has 0 spiro atoms. The fourth-order valence-corrected chi connectivity index (χ4v) is 2.19. The summed E-state index contributed by atoms with van der Waals surface area (Å²) in [4.78, 5) is 0. The molecule has 0 N–H and O–H groups in total. The minimum atomic E-state index is 0.424. The average molecular weight is 190 g/mol. The summed E-state index contributed by atoms with van der Waals surface area (Å²) in [5.74, 6) is 2.81. The fourth-order valence-electron chi connectivity index (χ4n) is 2.19. The monoisotopic (exact) mass is 190 g/mol. The maximum atomic E-state index is 5.93. The molecule has 0 saturated heterocycles. The van der Waals surface area contributed by atoms with Crippen molar-refractivity contribution in [3.63, 3.8) is 0 Å². The molecule has 1 aliphatic carbocycles. The van der Waals surface area contributed by atoms with Crippen LogP contribution >= 0.6 is 0 Å². The number of benzene rings is 1. The summed E-state index contributed by atoms with van der Waals surface area (Å²) < 4.78 is 11.3. The number of rotatable bonds is 2. The van der Waals surface area contributed by atoms with Gasteiger partial charge in [-0.2, -0.15) is 0 Å². The summed E-state index contributed by atoms with van der Waals surface area (Å²) in [6.07, 6.45) is 6.81. The van der Waals surface area contributed by atoms with Gasteiger partial charge in [-0.25, -0.2) is 0 Å². The zero-order valence-corrected chi connectivity index (χ0v) is 8.16. The van der Waals surface area contributed by atoms with Crippen LogP contribution < -0.4 is 9.47 Å². The first kappa shape index (κ1) is 8.16. The van der Waals surface area contributed by atoms with Gasteiger partial charge in [-0.15, -0.1) is 0 Å². The third-order valence-electron chi connectivity index (χ3n) is 3.00. The number of ether oxygens (including phenoxy) is 2. The molecular formula is C12H14O2. The molecule has 2 heteroatoms. The van der Waals surface area contributed by atoms with Crippen LogP contribution in [0, 0.1) is 0 Å². The SMILES string of the molecule is c1cc2c(OC3CCCCC3)c(c1)O2. The van der Waals surface area contributed by atoms with E-state index >= 15 is 0 Å². The van der Waals surface area contributed by atoms with Gasteiger partial charge in [0.1, 0.15) is 0 Å². The lowest BCUT2D eigenvalue weighted by molar-refractivity contribution is 0.135. The van der Waals surface area contributed by atoms with Gasteiger partial charge in [-0.3, -0.25) is 0 Å². The predicted molar refractivity (Wildman–Crippen MR) is 54.0 cm³/mol. The third-order valence-corrected chi connectivity index (χ3v) is 3.00. The van der Waals surface area contributed by atoms with E-state index in [-0.39, 0.29) is 0 Å². The second kappa shape index (κ2) is 3.19. The van der Waals surface area contributed by atoms with Crippen LogP contribution in [0.5, 0.6) is 17.2 Å². The van der Waals surface area contributed by atoms with Crippen LogP contribution in [-0.2, 0) is 0 Å². The van der Waals surface area contributed by atoms with Gasteiger partial charge in [0.2, 0.25) is 5.75 Å². The van der Waals surface area contributed by atoms with Crippen LogP contribution in [-0.4, -0.2) is 6.10 Å². The lowest BCUT2D eigenvalue weighted by Crippen LogP contribution is -2.21. The van der Waals surface area contributed by atoms with Crippen molar-refractivity contribution in [2.45, 2.75) is 38.2 Å². The van der Waals surface area contributed by atoms with Crippen molar-refractivity contribution in [1.82, 2.24) is 0 Å². The smallest absolute Gasteiger partial charge is 0.205 e. The van der Waals surface area contributed by atoms with Crippen LogP contribution in [0.15, 0.2) is 18.2 Å². The van der Waals surface area contributed by atoms with Crippen LogP contribution in [0.4, 0.5) is 0 Å². The van der Waals surface area contributed by atoms with E-state index in [0.717, 1.165) is 17.2 Å². The Bertz CT molecular complexity index is 320. The van der Waals surface area contributed by atoms with Crippen LogP contribution in [0.25, 0.3) is 0 Å². The molecule has 2 bridgehead atoms. The molecule has 0 amide bonds. The molecule has 14 heavy (non-hydrogen) atoms. The quantitative estimate of drug-likeness (QED) is 0.721. The Hall–Kier alpha value is -1.18. The zero-order chi connectivity index (χ0) is 9.38. The molecule has 74 valence electrons. The molecule has 0 radical (unpaired) electrons. The Kier molecular flexibility index (Phi) is 1.86. The Morgan fingerprint density at radius 1 is 1.07 bits per heavy atom. The van der Waals surface area contributed by atoms with Gasteiger partial charge in [0.15, 0.2) is 11.5 Å². The van der Waals surface area contributed by atoms with Crippen molar-refractivity contribution in [1.29, 1.82) is 0 Å². The Balaban J connectivity index is 1.71. The van der Waals surface area contributed by atoms with Crippen LogP contribution in [0.1, 0.15) is 32.1 Å². The normalized spacial score (nSPS) is 19.7. The molecule has 1 aromatic carbocycles. The van der Waals surface area contributed by atoms with E-state index < -0.39 is 0 Å². The number of para-hydroxylation sites is 1. The van der Waals surface area contributed by atoms with Gasteiger partial charge in [0, 0.05) is 0 Å². The van der Waals surface area contributed by atoms with Gasteiger partial charge in [0.05, 0.1) is 6.10 Å². The summed E-state index contributed by atoms with van der Waals surface area (Å²) in [5, 5.41) is 0. The lowest BCUT2D eigenvalue weighted by atomic mass is 9.98. The molecule has 0 unspecified atom stereocenters. The summed E-state index contributed by atoms with van der Waals surface area (Å²) in [7, 11) is 0. The first-order valence-corrected chi connectivity index (χ1v) is 5.41. The first-order chi connectivity index (χ1) is 6.93. The number of hydrogen-bond donors (Lipinski definition) is 0. The second-order valence-corrected chi connectivity index (χ2v) is 4.06. The molecule has 3 aliphatic rings. The average Bonchev–Trinajstić information content (AvgIpc) is 2.28. The number of hydrogen-bond acceptors (Lipinski definition) is 2. The Morgan fingerprint density at radius 2 is 1.79 bits per heavy atom. The maximum Gasteiger partial charge on any atom is 0.205 e. The van der Waals surface area contributed by atoms with Crippen molar-refractivity contribution >= 4 is 0 Å². The summed E-state index contributed by atoms with van der Waals surface area (Å²) in [6, 6.07) is 5.93. The van der Waals surface area contributed by atoms with E-state index in [1.165, 1.54) is 32.1 Å². The standard InChI is InChI=1S/C12H14O2/c1-2-5-9(6-3-1)13-12-10-7-4-8-11(12)14-10/h4,7-9H,1-3,5-6H2. The highest BCUT2D eigenvalue weighted by atomic mass is 16.6. The van der Waals surface area contributed by atoms with E-state index in [2.05, 4.69) is 0 Å². The molecular weight excluding hydrogens is 176 g/mol. The fraction of sp³-hybridized carbons (Fsp3) is 0.500. The maximum absolute atomic E-state index is 5.93. The van der Waals surface area contributed by atoms with Crippen molar-refractivity contribution in [3.8, 4) is 17.2 Å². The van der Waals surface area contributed by atoms with Gasteiger partial charge < -0.3 is 9.47 Å². The van der Waals surface area contributed by atoms with Crippen molar-refractivity contribution < 1.29 is 9.47 Å². The summed E-state index contributed by atoms with van der Waals surface area (Å²) >= 11 is 0. The first-order valence-electron chi connectivity index (χ1n) is 5.41. The Morgan fingerprint density at radius 3 is 2.43 bits per heavy atom. The van der Waals surface area contributed by atoms with E-state index in [9.17, 15) is 0 Å². The van der Waals surface area contributed by atoms with E-state index in [1.54, 1.807) is 0 Å². The van der Waals surface area contributed by atoms with Gasteiger partial charge >= 0.3 is 0 Å². The molecule has 2 nitrogen and oxygen atoms in total. The van der Waals surface area contributed by atoms with E-state index in [1.807, 2.05) is 18.2 Å². The van der Waals surface area contributed by atoms with Crippen LogP contribution in [0.2, 0.25) is 0 Å². The molecule has 1 saturated carbocycles. The highest BCUT2D eigenvalue weighted by Gasteiger charge is 2.26. The molecule has 0 atom stereocenters. The Labute approximate surface area is 83.8 Å². The molecule has 2 aliphatic heterocycles. The van der Waals surface area contributed by atoms with E-state index in [0.29, 0.717) is 6.10 Å². The molecule has 2 heterocycles. The minimum Gasteiger partial charge on any atom is -0.483 e. The van der Waals surface area contributed by atoms with Gasteiger partial charge in [-0.05, 0) is 37.8 Å². The second-order valence-electron chi connectivity index (χ2n) is 4.06. The highest BCUT2D eigenvalue weighted by Crippen LogP contribution is 2.50. The largest absolute Gasteiger partial charge is 0.483 e. The molecule has 1 fully saturated rings. The molecule has 1 aromatic rings. The van der Waals surface area contributed by atoms with Crippen molar-refractivity contribution in [2.24, 2.45) is 0 Å². The minimum absolute atomic E-state index is 0.424. The number of fused-ring (bicyclic) bond motifs is 2. The van der Waals surface area contributed by atoms with Crippen molar-refractivity contribution in [2.75, 3.05) is 0 Å². The lowest BCUT2D eigenvalue weighted by Gasteiger charge is -2.29. The van der Waals surface area contributed by atoms with E-state index in [4.69, 9.17) is 9.47 Å². The van der Waals surface area contributed by atoms with Crippen LogP contribution in [0.3, 0.4) is 0 Å². The molecule has 0 aromatic heterocycles. The molecule has 4 rings (SSSR count). The van der Waals surface area contributed by atoms with Gasteiger partial charge in [0.25, 0.3) is 0 Å². The topological polar surface area (TPSA) is 18.5 Å². The predicted octanol–water partition coefficient (Wildman–Crippen LogP) is 3.50. The van der Waals surface area contributed by atoms with Gasteiger partial charge in [-0.1, -0.05) is 12.5 Å². The summed E-state index contributed by atoms with van der Waals surface area (Å²) in [6.45, 7) is 0. The third kappa shape index (κ3) is 1.26. The summed E-state index contributed by atoms with van der Waals surface area (Å²) in [5.41, 5.74) is 0. The van der Waals surface area contributed by atoms with Crippen molar-refractivity contribution in [3.05, 3.63) is 18.2 Å². The highest BCUT2D eigenvalue weighted by molar-refractivity contribution is 5.60.